The van der Waals surface area contributed by atoms with Crippen LogP contribution in [-0.2, 0) is 6.42 Å². The van der Waals surface area contributed by atoms with Crippen LogP contribution in [0.2, 0.25) is 0 Å². The van der Waals surface area contributed by atoms with E-state index in [1.54, 1.807) is 18.3 Å². The minimum atomic E-state index is -4.49. The van der Waals surface area contributed by atoms with Crippen LogP contribution in [0, 0.1) is 11.3 Å². The fraction of sp³-hybridized carbons (Fsp3) is 0.471. The Balaban J connectivity index is 1.87. The molecular weight excluding hydrogens is 305 g/mol. The Hall–Kier alpha value is -1.82. The van der Waals surface area contributed by atoms with Crippen molar-refractivity contribution >= 4 is 16.5 Å². The van der Waals surface area contributed by atoms with Gasteiger partial charge in [0.1, 0.15) is 0 Å². The van der Waals surface area contributed by atoms with Gasteiger partial charge in [0.25, 0.3) is 0 Å². The molecule has 1 heterocycles. The van der Waals surface area contributed by atoms with Crippen LogP contribution in [0.15, 0.2) is 23.9 Å². The number of nitrogens with one attached hydrogen (secondary N) is 1. The highest BCUT2D eigenvalue weighted by Crippen LogP contribution is 2.65. The van der Waals surface area contributed by atoms with Crippen molar-refractivity contribution in [3.63, 3.8) is 0 Å². The summed E-state index contributed by atoms with van der Waals surface area (Å²) in [6, 6.07) is 3.55. The summed E-state index contributed by atoms with van der Waals surface area (Å²) in [7, 11) is 0. The molecule has 1 saturated carbocycles. The Bertz CT molecular complexity index is 866. The molecule has 0 radical (unpaired) electrons. The smallest absolute Gasteiger partial charge is 0.388 e. The summed E-state index contributed by atoms with van der Waals surface area (Å²) in [4.78, 5) is 0. The fourth-order valence-electron chi connectivity index (χ4n) is 5.16. The van der Waals surface area contributed by atoms with Gasteiger partial charge in [-0.1, -0.05) is 6.07 Å². The average Bonchev–Trinajstić information content (AvgIpc) is 3.15. The molecule has 0 unspecified atom stereocenters. The molecule has 2 bridgehead atoms. The quantitative estimate of drug-likeness (QED) is 0.779. The van der Waals surface area contributed by atoms with Gasteiger partial charge >= 0.3 is 6.18 Å². The highest BCUT2D eigenvalue weighted by molar-refractivity contribution is 5.93. The van der Waals surface area contributed by atoms with Crippen molar-refractivity contribution in [2.24, 2.45) is 11.3 Å². The molecule has 1 aromatic carbocycles. The third kappa shape index (κ3) is 1.57. The Morgan fingerprint density at radius 3 is 2.91 bits per heavy atom. The van der Waals surface area contributed by atoms with Crippen molar-refractivity contribution in [3.05, 3.63) is 35.0 Å². The zero-order valence-electron chi connectivity index (χ0n) is 12.2. The van der Waals surface area contributed by atoms with Gasteiger partial charge in [0.2, 0.25) is 0 Å². The lowest BCUT2D eigenvalue weighted by atomic mass is 9.70. The van der Waals surface area contributed by atoms with E-state index in [0.29, 0.717) is 30.4 Å². The number of benzene rings is 1. The largest absolute Gasteiger partial charge is 0.415 e. The first-order valence-corrected chi connectivity index (χ1v) is 7.86. The summed E-state index contributed by atoms with van der Waals surface area (Å²) in [5.41, 5.74) is 1.65. The second-order valence-corrected chi connectivity index (χ2v) is 7.11. The molecule has 6 heteroatoms. The van der Waals surface area contributed by atoms with Gasteiger partial charge in [0.15, 0.2) is 0 Å². The lowest BCUT2D eigenvalue weighted by Crippen LogP contribution is -2.37. The molecular formula is C17H15F3N2O. The Labute approximate surface area is 130 Å². The van der Waals surface area contributed by atoms with E-state index in [-0.39, 0.29) is 5.92 Å². The first-order chi connectivity index (χ1) is 10.9. The topological polar surface area (TPSA) is 48.9 Å². The summed E-state index contributed by atoms with van der Waals surface area (Å²) in [5, 5.41) is 18.1. The van der Waals surface area contributed by atoms with Crippen molar-refractivity contribution in [1.82, 2.24) is 10.2 Å². The van der Waals surface area contributed by atoms with E-state index >= 15 is 0 Å². The third-order valence-corrected chi connectivity index (χ3v) is 6.01. The zero-order chi connectivity index (χ0) is 16.0. The summed E-state index contributed by atoms with van der Waals surface area (Å²) in [6.07, 6.45) is -1.54. The van der Waals surface area contributed by atoms with Gasteiger partial charge in [-0.3, -0.25) is 5.10 Å². The second-order valence-electron chi connectivity index (χ2n) is 7.11. The number of rotatable bonds is 0. The van der Waals surface area contributed by atoms with Gasteiger partial charge < -0.3 is 5.11 Å². The predicted octanol–water partition coefficient (Wildman–Crippen LogP) is 3.60. The van der Waals surface area contributed by atoms with Gasteiger partial charge in [0.05, 0.1) is 23.4 Å². The summed E-state index contributed by atoms with van der Waals surface area (Å²) in [5.74, 6) is -0.274. The number of hydrogen-bond donors (Lipinski definition) is 2. The molecule has 2 aromatic rings. The van der Waals surface area contributed by atoms with Crippen LogP contribution in [-0.4, -0.2) is 27.6 Å². The van der Waals surface area contributed by atoms with E-state index in [0.717, 1.165) is 22.9 Å². The van der Waals surface area contributed by atoms with E-state index in [1.165, 1.54) is 0 Å². The standard InChI is InChI=1S/C17H15F3N2O/c18-17(19,20)14-13-9-1-2-12-11(7-21-22-12)10(9)6-16(13)4-3-8(5-16)15(14)23/h1-2,7-8,15,23H,3-6H2,(H,21,22)/t8-,15+,16+/m1/s1. The van der Waals surface area contributed by atoms with E-state index in [1.807, 2.05) is 0 Å². The van der Waals surface area contributed by atoms with Crippen LogP contribution in [0.5, 0.6) is 0 Å². The monoisotopic (exact) mass is 320 g/mol. The van der Waals surface area contributed by atoms with Crippen molar-refractivity contribution < 1.29 is 18.3 Å². The van der Waals surface area contributed by atoms with Crippen LogP contribution in [0.3, 0.4) is 0 Å². The number of alkyl halides is 3. The van der Waals surface area contributed by atoms with Crippen molar-refractivity contribution in [1.29, 1.82) is 0 Å². The van der Waals surface area contributed by atoms with Gasteiger partial charge in [-0.05, 0) is 54.4 Å². The maximum absolute atomic E-state index is 13.7. The lowest BCUT2D eigenvalue weighted by Gasteiger charge is -2.36. The number of aromatic amines is 1. The fourth-order valence-corrected chi connectivity index (χ4v) is 5.16. The average molecular weight is 320 g/mol. The highest BCUT2D eigenvalue weighted by atomic mass is 19.4. The molecule has 3 aliphatic rings. The van der Waals surface area contributed by atoms with Gasteiger partial charge in [-0.15, -0.1) is 0 Å². The van der Waals surface area contributed by atoms with Crippen LogP contribution < -0.4 is 0 Å². The zero-order valence-corrected chi connectivity index (χ0v) is 12.2. The number of aromatic nitrogens is 2. The molecule has 3 atom stereocenters. The molecule has 0 amide bonds. The molecule has 120 valence electrons. The van der Waals surface area contributed by atoms with E-state index < -0.39 is 23.3 Å². The van der Waals surface area contributed by atoms with Crippen molar-refractivity contribution in [3.8, 4) is 0 Å². The number of aliphatic hydroxyl groups is 1. The number of hydrogen-bond acceptors (Lipinski definition) is 2. The first-order valence-electron chi connectivity index (χ1n) is 7.86. The van der Waals surface area contributed by atoms with Gasteiger partial charge in [-0.25, -0.2) is 0 Å². The Morgan fingerprint density at radius 2 is 2.13 bits per heavy atom. The van der Waals surface area contributed by atoms with Gasteiger partial charge in [0, 0.05) is 10.8 Å². The second kappa shape index (κ2) is 3.98. The summed E-state index contributed by atoms with van der Waals surface area (Å²) in [6.45, 7) is 0. The van der Waals surface area contributed by atoms with E-state index in [2.05, 4.69) is 10.2 Å². The molecule has 1 aromatic heterocycles. The molecule has 2 N–H and O–H groups in total. The normalized spacial score (nSPS) is 32.5. The third-order valence-electron chi connectivity index (χ3n) is 6.01. The van der Waals surface area contributed by atoms with Gasteiger partial charge in [-0.2, -0.15) is 18.3 Å². The van der Waals surface area contributed by atoms with Crippen LogP contribution in [0.4, 0.5) is 13.2 Å². The number of halogens is 3. The molecule has 3 aliphatic carbocycles. The minimum Gasteiger partial charge on any atom is -0.388 e. The van der Waals surface area contributed by atoms with Crippen LogP contribution in [0.1, 0.15) is 30.4 Å². The number of H-pyrrole nitrogens is 1. The number of aliphatic hydroxyl groups excluding tert-OH is 1. The molecule has 3 nitrogen and oxygen atoms in total. The first kappa shape index (κ1) is 13.6. The van der Waals surface area contributed by atoms with Crippen LogP contribution in [0.25, 0.3) is 16.5 Å². The molecule has 5 rings (SSSR count). The summed E-state index contributed by atoms with van der Waals surface area (Å²) < 4.78 is 41.1. The molecule has 1 spiro atoms. The molecule has 0 saturated heterocycles. The Kier molecular flexibility index (Phi) is 2.35. The summed E-state index contributed by atoms with van der Waals surface area (Å²) >= 11 is 0. The minimum absolute atomic E-state index is 0.274. The van der Waals surface area contributed by atoms with Crippen LogP contribution >= 0.6 is 0 Å². The maximum atomic E-state index is 13.7. The number of allylic oxidation sites excluding steroid dienone is 1. The molecule has 0 aliphatic heterocycles. The molecule has 1 fully saturated rings. The highest BCUT2D eigenvalue weighted by Gasteiger charge is 2.59. The predicted molar refractivity (Wildman–Crippen MR) is 78.6 cm³/mol. The Morgan fingerprint density at radius 1 is 1.30 bits per heavy atom. The SMILES string of the molecule is O[C@@H]1C(C(F)(F)F)=C2c3ccc4[nH]ncc4c3C[C@@]23CC[C@@H]1C3. The lowest BCUT2D eigenvalue weighted by molar-refractivity contribution is -0.111. The number of nitrogens with zero attached hydrogens (tertiary/aromatic N) is 1. The van der Waals surface area contributed by atoms with E-state index in [4.69, 9.17) is 0 Å². The number of fused-ring (bicyclic) bond motifs is 5. The van der Waals surface area contributed by atoms with Crippen molar-refractivity contribution in [2.75, 3.05) is 0 Å². The van der Waals surface area contributed by atoms with Crippen molar-refractivity contribution in [2.45, 2.75) is 38.0 Å². The maximum Gasteiger partial charge on any atom is 0.415 e. The molecule has 23 heavy (non-hydrogen) atoms. The van der Waals surface area contributed by atoms with E-state index in [9.17, 15) is 18.3 Å².